The standard InChI is InChI=1S/C13H13BrN6O2/c1-3-20-8(2)11(12(18-20)19-6-15-16-7-19)17-13(21)9-4-5-10(14)22-9/h4-7H,3H2,1-2H3,(H,17,21). The summed E-state index contributed by atoms with van der Waals surface area (Å²) in [6.07, 6.45) is 3.06. The number of anilines is 1. The van der Waals surface area contributed by atoms with Gasteiger partial charge in [0.25, 0.3) is 5.91 Å². The number of amides is 1. The van der Waals surface area contributed by atoms with Crippen molar-refractivity contribution in [1.29, 1.82) is 0 Å². The summed E-state index contributed by atoms with van der Waals surface area (Å²) in [6.45, 7) is 4.55. The molecule has 9 heteroatoms. The maximum absolute atomic E-state index is 12.3. The third-order valence-electron chi connectivity index (χ3n) is 3.19. The Morgan fingerprint density at radius 3 is 2.68 bits per heavy atom. The van der Waals surface area contributed by atoms with Crippen LogP contribution in [0.2, 0.25) is 0 Å². The predicted octanol–water partition coefficient (Wildman–Crippen LogP) is 2.40. The van der Waals surface area contributed by atoms with E-state index in [1.54, 1.807) is 21.4 Å². The molecular weight excluding hydrogens is 352 g/mol. The molecule has 3 aromatic rings. The first-order valence-electron chi connectivity index (χ1n) is 6.59. The van der Waals surface area contributed by atoms with Gasteiger partial charge in [0.2, 0.25) is 0 Å². The molecule has 0 bridgehead atoms. The number of aryl methyl sites for hydroxylation is 1. The quantitative estimate of drug-likeness (QED) is 0.767. The van der Waals surface area contributed by atoms with Crippen molar-refractivity contribution < 1.29 is 9.21 Å². The van der Waals surface area contributed by atoms with Gasteiger partial charge in [0.1, 0.15) is 18.3 Å². The smallest absolute Gasteiger partial charge is 0.291 e. The van der Waals surface area contributed by atoms with Gasteiger partial charge in [-0.1, -0.05) is 0 Å². The van der Waals surface area contributed by atoms with Crippen molar-refractivity contribution in [3.8, 4) is 5.82 Å². The molecule has 0 aliphatic heterocycles. The lowest BCUT2D eigenvalue weighted by Gasteiger charge is -2.05. The molecule has 1 amide bonds. The number of carbonyl (C=O) groups is 1. The number of carbonyl (C=O) groups excluding carboxylic acids is 1. The van der Waals surface area contributed by atoms with Crippen molar-refractivity contribution in [3.63, 3.8) is 0 Å². The van der Waals surface area contributed by atoms with E-state index in [0.29, 0.717) is 22.7 Å². The normalized spacial score (nSPS) is 10.9. The Balaban J connectivity index is 1.99. The predicted molar refractivity (Wildman–Crippen MR) is 81.9 cm³/mol. The first-order valence-corrected chi connectivity index (χ1v) is 7.38. The van der Waals surface area contributed by atoms with Crippen LogP contribution in [0.4, 0.5) is 5.69 Å². The second-order valence-electron chi connectivity index (χ2n) is 4.53. The average Bonchev–Trinajstić information content (AvgIpc) is 3.21. The Morgan fingerprint density at radius 1 is 1.36 bits per heavy atom. The maximum Gasteiger partial charge on any atom is 0.291 e. The molecule has 0 aliphatic carbocycles. The van der Waals surface area contributed by atoms with Crippen LogP contribution in [0, 0.1) is 6.92 Å². The van der Waals surface area contributed by atoms with E-state index in [1.165, 1.54) is 12.7 Å². The van der Waals surface area contributed by atoms with Crippen LogP contribution >= 0.6 is 15.9 Å². The molecule has 0 saturated carbocycles. The molecular formula is C13H13BrN6O2. The summed E-state index contributed by atoms with van der Waals surface area (Å²) in [5, 5.41) is 14.8. The minimum atomic E-state index is -0.348. The molecule has 0 atom stereocenters. The first kappa shape index (κ1) is 14.5. The minimum Gasteiger partial charge on any atom is -0.444 e. The molecule has 1 N–H and O–H groups in total. The van der Waals surface area contributed by atoms with Crippen LogP contribution in [-0.2, 0) is 6.54 Å². The summed E-state index contributed by atoms with van der Waals surface area (Å²) >= 11 is 3.18. The molecule has 3 aromatic heterocycles. The van der Waals surface area contributed by atoms with Crippen LogP contribution in [0.25, 0.3) is 5.82 Å². The van der Waals surface area contributed by atoms with E-state index in [-0.39, 0.29) is 11.7 Å². The summed E-state index contributed by atoms with van der Waals surface area (Å²) in [7, 11) is 0. The molecule has 22 heavy (non-hydrogen) atoms. The zero-order valence-corrected chi connectivity index (χ0v) is 13.5. The summed E-state index contributed by atoms with van der Waals surface area (Å²) in [5.74, 6) is 0.423. The summed E-state index contributed by atoms with van der Waals surface area (Å²) in [5.41, 5.74) is 1.43. The van der Waals surface area contributed by atoms with E-state index in [2.05, 4.69) is 36.5 Å². The molecule has 114 valence electrons. The van der Waals surface area contributed by atoms with Crippen molar-refractivity contribution >= 4 is 27.5 Å². The average molecular weight is 365 g/mol. The number of furan rings is 1. The highest BCUT2D eigenvalue weighted by atomic mass is 79.9. The van der Waals surface area contributed by atoms with Gasteiger partial charge in [-0.2, -0.15) is 5.10 Å². The van der Waals surface area contributed by atoms with Crippen LogP contribution in [-0.4, -0.2) is 30.5 Å². The lowest BCUT2D eigenvalue weighted by Crippen LogP contribution is -2.13. The van der Waals surface area contributed by atoms with Gasteiger partial charge in [0.15, 0.2) is 16.2 Å². The van der Waals surface area contributed by atoms with Crippen LogP contribution in [0.15, 0.2) is 33.9 Å². The monoisotopic (exact) mass is 364 g/mol. The van der Waals surface area contributed by atoms with Gasteiger partial charge in [-0.3, -0.25) is 14.0 Å². The van der Waals surface area contributed by atoms with E-state index in [9.17, 15) is 4.79 Å². The third-order valence-corrected chi connectivity index (χ3v) is 3.61. The Bertz CT molecular complexity index is 805. The summed E-state index contributed by atoms with van der Waals surface area (Å²) in [6, 6.07) is 3.26. The highest BCUT2D eigenvalue weighted by Crippen LogP contribution is 2.25. The van der Waals surface area contributed by atoms with Crippen molar-refractivity contribution in [2.24, 2.45) is 0 Å². The van der Waals surface area contributed by atoms with E-state index in [4.69, 9.17) is 4.42 Å². The Kier molecular flexibility index (Phi) is 3.80. The van der Waals surface area contributed by atoms with E-state index >= 15 is 0 Å². The van der Waals surface area contributed by atoms with Crippen molar-refractivity contribution in [2.75, 3.05) is 5.32 Å². The lowest BCUT2D eigenvalue weighted by molar-refractivity contribution is 0.0995. The fraction of sp³-hybridized carbons (Fsp3) is 0.231. The second-order valence-corrected chi connectivity index (χ2v) is 5.31. The summed E-state index contributed by atoms with van der Waals surface area (Å²) in [4.78, 5) is 12.3. The Hall–Kier alpha value is -2.42. The van der Waals surface area contributed by atoms with Gasteiger partial charge < -0.3 is 9.73 Å². The Morgan fingerprint density at radius 2 is 2.09 bits per heavy atom. The molecule has 0 unspecified atom stereocenters. The number of nitrogens with zero attached hydrogens (tertiary/aromatic N) is 5. The van der Waals surface area contributed by atoms with Gasteiger partial charge in [0.05, 0.1) is 5.69 Å². The van der Waals surface area contributed by atoms with Crippen molar-refractivity contribution in [3.05, 3.63) is 40.9 Å². The first-order chi connectivity index (χ1) is 10.6. The number of hydrogen-bond acceptors (Lipinski definition) is 5. The van der Waals surface area contributed by atoms with Crippen molar-refractivity contribution in [1.82, 2.24) is 24.5 Å². The van der Waals surface area contributed by atoms with Gasteiger partial charge in [-0.15, -0.1) is 10.2 Å². The highest BCUT2D eigenvalue weighted by Gasteiger charge is 2.20. The van der Waals surface area contributed by atoms with Crippen LogP contribution in [0.5, 0.6) is 0 Å². The number of nitrogens with one attached hydrogen (secondary N) is 1. The number of aromatic nitrogens is 5. The SMILES string of the molecule is CCn1nc(-n2cnnc2)c(NC(=O)c2ccc(Br)o2)c1C. The van der Waals surface area contributed by atoms with Gasteiger partial charge in [0, 0.05) is 6.54 Å². The third kappa shape index (κ3) is 2.54. The fourth-order valence-electron chi connectivity index (χ4n) is 2.09. The molecule has 8 nitrogen and oxygen atoms in total. The van der Waals surface area contributed by atoms with Crippen molar-refractivity contribution in [2.45, 2.75) is 20.4 Å². The molecule has 0 radical (unpaired) electrons. The zero-order chi connectivity index (χ0) is 15.7. The topological polar surface area (TPSA) is 90.8 Å². The summed E-state index contributed by atoms with van der Waals surface area (Å²) < 4.78 is 9.21. The van der Waals surface area contributed by atoms with E-state index in [1.807, 2.05) is 13.8 Å². The van der Waals surface area contributed by atoms with E-state index in [0.717, 1.165) is 5.69 Å². The molecule has 3 heterocycles. The van der Waals surface area contributed by atoms with Crippen LogP contribution < -0.4 is 5.32 Å². The molecule has 0 spiro atoms. The van der Waals surface area contributed by atoms with Crippen LogP contribution in [0.3, 0.4) is 0 Å². The lowest BCUT2D eigenvalue weighted by atomic mass is 10.3. The van der Waals surface area contributed by atoms with Crippen LogP contribution in [0.1, 0.15) is 23.2 Å². The zero-order valence-electron chi connectivity index (χ0n) is 11.9. The fourth-order valence-corrected chi connectivity index (χ4v) is 2.39. The number of halogens is 1. The minimum absolute atomic E-state index is 0.213. The maximum atomic E-state index is 12.3. The second kappa shape index (κ2) is 5.76. The molecule has 0 aliphatic rings. The van der Waals surface area contributed by atoms with E-state index < -0.39 is 0 Å². The molecule has 0 aromatic carbocycles. The Labute approximate surface area is 134 Å². The molecule has 3 rings (SSSR count). The largest absolute Gasteiger partial charge is 0.444 e. The highest BCUT2D eigenvalue weighted by molar-refractivity contribution is 9.10. The molecule has 0 saturated heterocycles. The van der Waals surface area contributed by atoms with Gasteiger partial charge >= 0.3 is 0 Å². The van der Waals surface area contributed by atoms with Gasteiger partial charge in [-0.25, -0.2) is 0 Å². The number of rotatable bonds is 4. The number of hydrogen-bond donors (Lipinski definition) is 1. The van der Waals surface area contributed by atoms with Gasteiger partial charge in [-0.05, 0) is 41.9 Å². The molecule has 0 fully saturated rings.